The van der Waals surface area contributed by atoms with Crippen LogP contribution in [0, 0.1) is 0 Å². The van der Waals surface area contributed by atoms with Gasteiger partial charge in [0.05, 0.1) is 22.1 Å². The molecule has 14 aromatic rings. The van der Waals surface area contributed by atoms with E-state index in [0.29, 0.717) is 0 Å². The molecule has 0 fully saturated rings. The summed E-state index contributed by atoms with van der Waals surface area (Å²) in [6, 6.07) is 99.4. The van der Waals surface area contributed by atoms with Gasteiger partial charge in [-0.15, -0.1) is 11.3 Å². The average molecular weight is 957 g/mol. The van der Waals surface area contributed by atoms with Crippen LogP contribution in [0.5, 0.6) is 0 Å². The Bertz CT molecular complexity index is 4510. The van der Waals surface area contributed by atoms with E-state index in [1.807, 2.05) is 11.3 Å². The number of hydrogen-bond acceptors (Lipinski definition) is 2. The van der Waals surface area contributed by atoms with Crippen molar-refractivity contribution in [3.05, 3.63) is 289 Å². The predicted molar refractivity (Wildman–Crippen MR) is 313 cm³/mol. The molecule has 12 aromatic carbocycles. The van der Waals surface area contributed by atoms with Crippen LogP contribution in [-0.2, 0) is 5.41 Å². The molecule has 0 aliphatic heterocycles. The van der Waals surface area contributed by atoms with E-state index in [4.69, 9.17) is 0 Å². The van der Waals surface area contributed by atoms with Gasteiger partial charge in [0.25, 0.3) is 0 Å². The van der Waals surface area contributed by atoms with Crippen molar-refractivity contribution in [1.29, 1.82) is 0 Å². The molecule has 2 heterocycles. The maximum Gasteiger partial charge on any atom is 0.0726 e. The van der Waals surface area contributed by atoms with Crippen LogP contribution in [-0.4, -0.2) is 4.57 Å². The van der Waals surface area contributed by atoms with Gasteiger partial charge in [-0.2, -0.15) is 0 Å². The van der Waals surface area contributed by atoms with Gasteiger partial charge in [0.1, 0.15) is 0 Å². The number of aromatic nitrogens is 1. The van der Waals surface area contributed by atoms with Gasteiger partial charge in [-0.1, -0.05) is 212 Å². The number of thiophene rings is 1. The monoisotopic (exact) mass is 956 g/mol. The fourth-order valence-electron chi connectivity index (χ4n) is 13.1. The van der Waals surface area contributed by atoms with Gasteiger partial charge in [-0.3, -0.25) is 0 Å². The molecule has 2 aliphatic carbocycles. The highest BCUT2D eigenvalue weighted by Crippen LogP contribution is 2.64. The van der Waals surface area contributed by atoms with Crippen LogP contribution in [0.4, 0.5) is 17.1 Å². The first-order valence-electron chi connectivity index (χ1n) is 25.6. The first-order valence-corrected chi connectivity index (χ1v) is 26.4. The summed E-state index contributed by atoms with van der Waals surface area (Å²) in [7, 11) is 0. The standard InChI is InChI=1S/C71H44N2S/c1-2-19-52-46(16-1)38-43-59-58-26-14-25-53(69(58)74-70(52)59)47-36-41-50(42-37-47)72(49-39-34-45(35-40-49)48-17-13-18-51(44-48)73-65-31-11-6-22-56(65)57-23-7-12-32-66(57)73)67-33-15-30-64-68(67)60-24-5-10-29-63(60)71(64)61-27-8-3-20-54(61)55-21-4-9-28-62(55)71/h1-44H. The summed E-state index contributed by atoms with van der Waals surface area (Å²) in [6.45, 7) is 0. The third kappa shape index (κ3) is 5.76. The molecule has 3 heteroatoms. The van der Waals surface area contributed by atoms with Gasteiger partial charge in [0.15, 0.2) is 0 Å². The second kappa shape index (κ2) is 15.9. The van der Waals surface area contributed by atoms with Gasteiger partial charge < -0.3 is 9.47 Å². The van der Waals surface area contributed by atoms with E-state index < -0.39 is 5.41 Å². The van der Waals surface area contributed by atoms with Crippen LogP contribution in [0.3, 0.4) is 0 Å². The zero-order valence-electron chi connectivity index (χ0n) is 40.2. The Hall–Kier alpha value is -9.28. The second-order valence-corrected chi connectivity index (χ2v) is 20.9. The van der Waals surface area contributed by atoms with Crippen LogP contribution in [0.15, 0.2) is 267 Å². The van der Waals surface area contributed by atoms with E-state index in [1.54, 1.807) is 0 Å². The number of benzene rings is 12. The zero-order chi connectivity index (χ0) is 48.5. The van der Waals surface area contributed by atoms with Crippen molar-refractivity contribution < 1.29 is 0 Å². The molecule has 0 bridgehead atoms. The van der Waals surface area contributed by atoms with Crippen molar-refractivity contribution in [3.63, 3.8) is 0 Å². The van der Waals surface area contributed by atoms with Crippen LogP contribution < -0.4 is 4.90 Å². The molecule has 2 nitrogen and oxygen atoms in total. The molecule has 16 rings (SSSR count). The van der Waals surface area contributed by atoms with Gasteiger partial charge in [-0.05, 0) is 127 Å². The number of rotatable bonds is 6. The fourth-order valence-corrected chi connectivity index (χ4v) is 14.5. The number of anilines is 3. The first kappa shape index (κ1) is 41.3. The van der Waals surface area contributed by atoms with Gasteiger partial charge in [0.2, 0.25) is 0 Å². The molecule has 2 aromatic heterocycles. The van der Waals surface area contributed by atoms with Gasteiger partial charge >= 0.3 is 0 Å². The lowest BCUT2D eigenvalue weighted by atomic mass is 9.70. The van der Waals surface area contributed by atoms with Crippen LogP contribution in [0.25, 0.3) is 103 Å². The summed E-state index contributed by atoms with van der Waals surface area (Å²) in [6.07, 6.45) is 0. The number of hydrogen-bond donors (Lipinski definition) is 0. The Labute approximate surface area is 432 Å². The normalized spacial score (nSPS) is 13.0. The molecular formula is C71H44N2S. The average Bonchev–Trinajstić information content (AvgIpc) is 4.22. The quantitative estimate of drug-likeness (QED) is 0.161. The van der Waals surface area contributed by atoms with E-state index in [9.17, 15) is 0 Å². The van der Waals surface area contributed by atoms with E-state index in [0.717, 1.165) is 28.3 Å². The molecular weight excluding hydrogens is 913 g/mol. The highest BCUT2D eigenvalue weighted by Gasteiger charge is 2.52. The Morgan fingerprint density at radius 3 is 1.54 bits per heavy atom. The Balaban J connectivity index is 0.869. The summed E-state index contributed by atoms with van der Waals surface area (Å²) in [5, 5.41) is 7.74. The van der Waals surface area contributed by atoms with Crippen molar-refractivity contribution in [2.75, 3.05) is 4.90 Å². The van der Waals surface area contributed by atoms with Crippen molar-refractivity contribution in [2.24, 2.45) is 0 Å². The fraction of sp³-hybridized carbons (Fsp3) is 0.0141. The SMILES string of the molecule is c1cc(-c2ccc(N(c3ccc(-c4cccc5c4sc4c6ccccc6ccc54)cc3)c3cccc4c3-c3ccccc3C43c4ccccc4-c4ccccc43)cc2)cc(-n2c3ccccc3c3ccccc32)c1. The maximum absolute atomic E-state index is 2.50. The lowest BCUT2D eigenvalue weighted by Crippen LogP contribution is -2.26. The van der Waals surface area contributed by atoms with Crippen molar-refractivity contribution in [1.82, 2.24) is 4.57 Å². The topological polar surface area (TPSA) is 8.17 Å². The molecule has 1 spiro atoms. The highest BCUT2D eigenvalue weighted by molar-refractivity contribution is 7.27. The van der Waals surface area contributed by atoms with Crippen LogP contribution in [0.1, 0.15) is 22.3 Å². The summed E-state index contributed by atoms with van der Waals surface area (Å²) < 4.78 is 5.07. The smallest absolute Gasteiger partial charge is 0.0726 e. The largest absolute Gasteiger partial charge is 0.310 e. The van der Waals surface area contributed by atoms with Crippen LogP contribution >= 0.6 is 11.3 Å². The minimum absolute atomic E-state index is 0.454. The lowest BCUT2D eigenvalue weighted by molar-refractivity contribution is 0.794. The molecule has 0 N–H and O–H groups in total. The molecule has 0 saturated carbocycles. The van der Waals surface area contributed by atoms with E-state index in [1.165, 1.54) is 114 Å². The van der Waals surface area contributed by atoms with Crippen molar-refractivity contribution in [3.8, 4) is 50.2 Å². The molecule has 2 aliphatic rings. The predicted octanol–water partition coefficient (Wildman–Crippen LogP) is 19.5. The molecule has 344 valence electrons. The molecule has 74 heavy (non-hydrogen) atoms. The van der Waals surface area contributed by atoms with Gasteiger partial charge in [0, 0.05) is 53.6 Å². The summed E-state index contributed by atoms with van der Waals surface area (Å²) in [4.78, 5) is 2.50. The number of nitrogens with zero attached hydrogens (tertiary/aromatic N) is 2. The Morgan fingerprint density at radius 1 is 0.324 bits per heavy atom. The zero-order valence-corrected chi connectivity index (χ0v) is 41.0. The minimum Gasteiger partial charge on any atom is -0.310 e. The molecule has 0 atom stereocenters. The van der Waals surface area contributed by atoms with E-state index in [2.05, 4.69) is 276 Å². The number of para-hydroxylation sites is 2. The Kier molecular flexibility index (Phi) is 8.86. The second-order valence-electron chi connectivity index (χ2n) is 19.9. The summed E-state index contributed by atoms with van der Waals surface area (Å²) in [5.74, 6) is 0. The lowest BCUT2D eigenvalue weighted by Gasteiger charge is -2.32. The maximum atomic E-state index is 2.50. The van der Waals surface area contributed by atoms with Crippen molar-refractivity contribution >= 4 is 81.1 Å². The molecule has 0 radical (unpaired) electrons. The summed E-state index contributed by atoms with van der Waals surface area (Å²) >= 11 is 1.91. The first-order chi connectivity index (χ1) is 36.7. The highest BCUT2D eigenvalue weighted by atomic mass is 32.1. The Morgan fingerprint density at radius 2 is 0.838 bits per heavy atom. The molecule has 0 amide bonds. The van der Waals surface area contributed by atoms with E-state index >= 15 is 0 Å². The van der Waals surface area contributed by atoms with E-state index in [-0.39, 0.29) is 0 Å². The third-order valence-electron chi connectivity index (χ3n) is 16.2. The van der Waals surface area contributed by atoms with Crippen molar-refractivity contribution in [2.45, 2.75) is 5.41 Å². The van der Waals surface area contributed by atoms with Gasteiger partial charge in [-0.25, -0.2) is 0 Å². The third-order valence-corrected chi connectivity index (χ3v) is 17.5. The molecule has 0 saturated heterocycles. The summed E-state index contributed by atoms with van der Waals surface area (Å²) in [5.41, 5.74) is 21.7. The number of fused-ring (bicyclic) bond motifs is 18. The molecule has 0 unspecified atom stereocenters. The minimum atomic E-state index is -0.454. The van der Waals surface area contributed by atoms with Crippen LogP contribution in [0.2, 0.25) is 0 Å².